The Labute approximate surface area is 149 Å². The highest BCUT2D eigenvalue weighted by atomic mass is 16.4. The molecular weight excluding hydrogens is 334 g/mol. The summed E-state index contributed by atoms with van der Waals surface area (Å²) in [5, 5.41) is 20.7. The molecule has 1 amide bonds. The van der Waals surface area contributed by atoms with Crippen LogP contribution in [0.5, 0.6) is 0 Å². The largest absolute Gasteiger partial charge is 0.480 e. The van der Waals surface area contributed by atoms with Crippen molar-refractivity contribution in [3.63, 3.8) is 0 Å². The van der Waals surface area contributed by atoms with E-state index in [-0.39, 0.29) is 11.6 Å². The van der Waals surface area contributed by atoms with Crippen molar-refractivity contribution in [2.45, 2.75) is 26.8 Å². The summed E-state index contributed by atoms with van der Waals surface area (Å²) in [5.74, 6) is -1.90. The van der Waals surface area contributed by atoms with Gasteiger partial charge in [-0.15, -0.1) is 5.10 Å². The van der Waals surface area contributed by atoms with E-state index in [0.29, 0.717) is 5.69 Å². The highest BCUT2D eigenvalue weighted by Crippen LogP contribution is 2.21. The second-order valence-electron chi connectivity index (χ2n) is 6.32. The van der Waals surface area contributed by atoms with Crippen LogP contribution in [0.3, 0.4) is 0 Å². The van der Waals surface area contributed by atoms with E-state index in [4.69, 9.17) is 0 Å². The summed E-state index contributed by atoms with van der Waals surface area (Å²) < 4.78 is 1.56. The molecule has 3 rings (SSSR count). The first-order chi connectivity index (χ1) is 12.4. The Morgan fingerprint density at radius 1 is 1.19 bits per heavy atom. The van der Waals surface area contributed by atoms with Crippen molar-refractivity contribution in [1.29, 1.82) is 0 Å². The number of carboxylic acid groups (broad SMARTS) is 1. The number of nitrogens with one attached hydrogen (secondary N) is 1. The fourth-order valence-corrected chi connectivity index (χ4v) is 2.76. The van der Waals surface area contributed by atoms with Crippen LogP contribution >= 0.6 is 0 Å². The number of carbonyl (C=O) groups excluding carboxylic acids is 1. The molecule has 1 aromatic carbocycles. The number of aliphatic carboxylic acids is 1. The molecule has 0 aliphatic rings. The lowest BCUT2D eigenvalue weighted by Gasteiger charge is -2.17. The number of hydrogen-bond acceptors (Lipinski definition) is 5. The van der Waals surface area contributed by atoms with Crippen LogP contribution in [0, 0.1) is 12.8 Å². The van der Waals surface area contributed by atoms with Crippen LogP contribution in [0.2, 0.25) is 0 Å². The van der Waals surface area contributed by atoms with Crippen molar-refractivity contribution in [1.82, 2.24) is 25.3 Å². The summed E-state index contributed by atoms with van der Waals surface area (Å²) in [6.07, 6.45) is 1.71. The van der Waals surface area contributed by atoms with Crippen LogP contribution in [-0.2, 0) is 4.79 Å². The van der Waals surface area contributed by atoms with Gasteiger partial charge in [-0.3, -0.25) is 9.78 Å². The van der Waals surface area contributed by atoms with E-state index < -0.39 is 17.9 Å². The predicted molar refractivity (Wildman–Crippen MR) is 95.1 cm³/mol. The normalized spacial score (nSPS) is 12.3. The van der Waals surface area contributed by atoms with Gasteiger partial charge in [-0.25, -0.2) is 9.48 Å². The molecular formula is C18H19N5O3. The molecule has 2 aromatic heterocycles. The summed E-state index contributed by atoms with van der Waals surface area (Å²) in [7, 11) is 0. The number of fused-ring (bicyclic) bond motifs is 1. The third kappa shape index (κ3) is 3.13. The zero-order valence-electron chi connectivity index (χ0n) is 14.7. The maximum Gasteiger partial charge on any atom is 0.326 e. The molecule has 0 aliphatic heterocycles. The van der Waals surface area contributed by atoms with E-state index >= 15 is 0 Å². The standard InChI is InChI=1S/C18H19N5O3/c1-10(2)15(18(25)26)20-17(24)16-11(3)23(22-21-16)14-8-4-7-13-12(14)6-5-9-19-13/h4-10,15H,1-3H3,(H,20,24)(H,25,26). The molecule has 26 heavy (non-hydrogen) atoms. The van der Waals surface area contributed by atoms with E-state index in [1.54, 1.807) is 31.6 Å². The molecule has 1 unspecified atom stereocenters. The number of rotatable bonds is 5. The van der Waals surface area contributed by atoms with Gasteiger partial charge in [0.1, 0.15) is 6.04 Å². The molecule has 0 bridgehead atoms. The van der Waals surface area contributed by atoms with Crippen molar-refractivity contribution in [3.05, 3.63) is 47.9 Å². The zero-order chi connectivity index (χ0) is 18.8. The topological polar surface area (TPSA) is 110 Å². The van der Waals surface area contributed by atoms with Gasteiger partial charge >= 0.3 is 5.97 Å². The van der Waals surface area contributed by atoms with Crippen LogP contribution in [0.4, 0.5) is 0 Å². The number of aromatic nitrogens is 4. The van der Waals surface area contributed by atoms with Crippen LogP contribution < -0.4 is 5.32 Å². The summed E-state index contributed by atoms with van der Waals surface area (Å²) in [5.41, 5.74) is 2.17. The number of hydrogen-bond donors (Lipinski definition) is 2. The molecule has 8 heteroatoms. The molecule has 1 atom stereocenters. The SMILES string of the molecule is Cc1c(C(=O)NC(C(=O)O)C(C)C)nnn1-c1cccc2ncccc12. The highest BCUT2D eigenvalue weighted by Gasteiger charge is 2.27. The molecule has 0 saturated heterocycles. The van der Waals surface area contributed by atoms with Gasteiger partial charge in [0.05, 0.1) is 16.9 Å². The number of carbonyl (C=O) groups is 2. The molecule has 134 valence electrons. The third-order valence-electron chi connectivity index (χ3n) is 4.18. The first-order valence-electron chi connectivity index (χ1n) is 8.20. The van der Waals surface area contributed by atoms with Crippen molar-refractivity contribution in [3.8, 4) is 5.69 Å². The predicted octanol–water partition coefficient (Wildman–Crippen LogP) is 1.96. The first kappa shape index (κ1) is 17.5. The maximum absolute atomic E-state index is 12.5. The van der Waals surface area contributed by atoms with E-state index in [2.05, 4.69) is 20.6 Å². The monoisotopic (exact) mass is 353 g/mol. The second kappa shape index (κ2) is 6.91. The summed E-state index contributed by atoms with van der Waals surface area (Å²) in [4.78, 5) is 28.1. The number of benzene rings is 1. The summed E-state index contributed by atoms with van der Waals surface area (Å²) >= 11 is 0. The summed E-state index contributed by atoms with van der Waals surface area (Å²) in [6.45, 7) is 5.17. The van der Waals surface area contributed by atoms with Crippen molar-refractivity contribution < 1.29 is 14.7 Å². The number of nitrogens with zero attached hydrogens (tertiary/aromatic N) is 4. The lowest BCUT2D eigenvalue weighted by atomic mass is 10.0. The quantitative estimate of drug-likeness (QED) is 0.725. The Kier molecular flexibility index (Phi) is 4.66. The second-order valence-corrected chi connectivity index (χ2v) is 6.32. The molecule has 0 radical (unpaired) electrons. The minimum atomic E-state index is -1.08. The Bertz CT molecular complexity index is 975. The van der Waals surface area contributed by atoms with Crippen molar-refractivity contribution >= 4 is 22.8 Å². The van der Waals surface area contributed by atoms with Gasteiger partial charge in [0.25, 0.3) is 5.91 Å². The van der Waals surface area contributed by atoms with Gasteiger partial charge in [-0.1, -0.05) is 25.1 Å². The Hall–Kier alpha value is -3.29. The van der Waals surface area contributed by atoms with E-state index in [1.165, 1.54) is 0 Å². The van der Waals surface area contributed by atoms with Crippen molar-refractivity contribution in [2.75, 3.05) is 0 Å². The Morgan fingerprint density at radius 2 is 1.96 bits per heavy atom. The lowest BCUT2D eigenvalue weighted by Crippen LogP contribution is -2.44. The molecule has 0 saturated carbocycles. The van der Waals surface area contributed by atoms with Gasteiger partial charge in [-0.05, 0) is 37.1 Å². The van der Waals surface area contributed by atoms with Crippen molar-refractivity contribution in [2.24, 2.45) is 5.92 Å². The molecule has 3 aromatic rings. The maximum atomic E-state index is 12.5. The Morgan fingerprint density at radius 3 is 2.65 bits per heavy atom. The molecule has 8 nitrogen and oxygen atoms in total. The van der Waals surface area contributed by atoms with E-state index in [9.17, 15) is 14.7 Å². The minimum absolute atomic E-state index is 0.0952. The summed E-state index contributed by atoms with van der Waals surface area (Å²) in [6, 6.07) is 8.35. The van der Waals surface area contributed by atoms with Gasteiger partial charge in [0.2, 0.25) is 0 Å². The molecule has 2 heterocycles. The first-order valence-corrected chi connectivity index (χ1v) is 8.20. The highest BCUT2D eigenvalue weighted by molar-refractivity contribution is 5.96. The number of carboxylic acids is 1. The van der Waals surface area contributed by atoms with E-state index in [1.807, 2.05) is 30.3 Å². The smallest absolute Gasteiger partial charge is 0.326 e. The van der Waals surface area contributed by atoms with E-state index in [0.717, 1.165) is 16.6 Å². The van der Waals surface area contributed by atoms with Crippen LogP contribution in [0.25, 0.3) is 16.6 Å². The molecule has 2 N–H and O–H groups in total. The average molecular weight is 353 g/mol. The van der Waals surface area contributed by atoms with Gasteiger partial charge in [-0.2, -0.15) is 0 Å². The van der Waals surface area contributed by atoms with Gasteiger partial charge < -0.3 is 10.4 Å². The molecule has 0 fully saturated rings. The zero-order valence-corrected chi connectivity index (χ0v) is 14.7. The van der Waals surface area contributed by atoms with Crippen LogP contribution in [0.15, 0.2) is 36.5 Å². The molecule has 0 spiro atoms. The minimum Gasteiger partial charge on any atom is -0.480 e. The molecule has 0 aliphatic carbocycles. The fraction of sp³-hybridized carbons (Fsp3) is 0.278. The van der Waals surface area contributed by atoms with Crippen LogP contribution in [0.1, 0.15) is 30.0 Å². The number of amides is 1. The number of pyridine rings is 1. The van der Waals surface area contributed by atoms with Gasteiger partial charge in [0, 0.05) is 11.6 Å². The average Bonchev–Trinajstić information content (AvgIpc) is 2.99. The van der Waals surface area contributed by atoms with Crippen LogP contribution in [-0.4, -0.2) is 43.0 Å². The Balaban J connectivity index is 1.98. The third-order valence-corrected chi connectivity index (χ3v) is 4.18. The lowest BCUT2D eigenvalue weighted by molar-refractivity contribution is -0.140. The van der Waals surface area contributed by atoms with Gasteiger partial charge in [0.15, 0.2) is 5.69 Å². The fourth-order valence-electron chi connectivity index (χ4n) is 2.76.